The molecule has 4 nitrogen and oxygen atoms in total. The van der Waals surface area contributed by atoms with Crippen LogP contribution in [0.4, 0.5) is 0 Å². The molecule has 0 bridgehead atoms. The first-order valence-corrected chi connectivity index (χ1v) is 6.04. The first-order chi connectivity index (χ1) is 7.27. The zero-order valence-electron chi connectivity index (χ0n) is 9.24. The van der Waals surface area contributed by atoms with E-state index in [2.05, 4.69) is 10.2 Å². The molecule has 1 aliphatic heterocycles. The van der Waals surface area contributed by atoms with Crippen molar-refractivity contribution >= 4 is 5.91 Å². The number of nitrogens with zero attached hydrogens (tertiary/aromatic N) is 1. The zero-order valence-corrected chi connectivity index (χ0v) is 9.24. The topological polar surface area (TPSA) is 58.4 Å². The summed E-state index contributed by atoms with van der Waals surface area (Å²) in [6.45, 7) is 2.62. The third-order valence-electron chi connectivity index (χ3n) is 3.60. The van der Waals surface area contributed by atoms with Crippen LogP contribution in [-0.2, 0) is 4.79 Å². The second-order valence-electron chi connectivity index (χ2n) is 4.65. The molecule has 86 valence electrons. The van der Waals surface area contributed by atoms with Gasteiger partial charge in [-0.2, -0.15) is 0 Å². The Balaban J connectivity index is 1.93. The van der Waals surface area contributed by atoms with Crippen molar-refractivity contribution in [2.24, 2.45) is 5.73 Å². The minimum atomic E-state index is 0.182. The van der Waals surface area contributed by atoms with E-state index in [-0.39, 0.29) is 5.91 Å². The molecular weight excluding hydrogens is 190 g/mol. The van der Waals surface area contributed by atoms with E-state index in [0.717, 1.165) is 26.1 Å². The van der Waals surface area contributed by atoms with Gasteiger partial charge < -0.3 is 11.1 Å². The average molecular weight is 211 g/mol. The number of nitrogens with two attached hydrogens (primary N) is 1. The van der Waals surface area contributed by atoms with Crippen molar-refractivity contribution in [2.45, 2.75) is 44.2 Å². The summed E-state index contributed by atoms with van der Waals surface area (Å²) in [5.41, 5.74) is 6.15. The summed E-state index contributed by atoms with van der Waals surface area (Å²) in [6.07, 6.45) is 5.53. The maximum atomic E-state index is 11.2. The summed E-state index contributed by atoms with van der Waals surface area (Å²) in [5.74, 6) is 0.182. The van der Waals surface area contributed by atoms with Crippen LogP contribution in [0.5, 0.6) is 0 Å². The highest BCUT2D eigenvalue weighted by molar-refractivity contribution is 5.76. The Morgan fingerprint density at radius 1 is 1.27 bits per heavy atom. The van der Waals surface area contributed by atoms with Crippen LogP contribution in [0.15, 0.2) is 0 Å². The van der Waals surface area contributed by atoms with Crippen LogP contribution in [-0.4, -0.2) is 42.5 Å². The number of amides is 1. The van der Waals surface area contributed by atoms with Crippen LogP contribution in [0.25, 0.3) is 0 Å². The third kappa shape index (κ3) is 2.69. The van der Waals surface area contributed by atoms with Gasteiger partial charge in [-0.3, -0.25) is 9.69 Å². The minimum absolute atomic E-state index is 0.182. The molecule has 0 aromatic rings. The summed E-state index contributed by atoms with van der Waals surface area (Å²) < 4.78 is 0. The van der Waals surface area contributed by atoms with Gasteiger partial charge in [-0.25, -0.2) is 0 Å². The fraction of sp³-hybridized carbons (Fsp3) is 0.909. The van der Waals surface area contributed by atoms with Gasteiger partial charge in [0.2, 0.25) is 5.91 Å². The molecule has 0 aromatic heterocycles. The van der Waals surface area contributed by atoms with Crippen LogP contribution in [0.1, 0.15) is 32.1 Å². The van der Waals surface area contributed by atoms with Crippen LogP contribution < -0.4 is 11.1 Å². The molecule has 2 fully saturated rings. The highest BCUT2D eigenvalue weighted by atomic mass is 16.1. The average Bonchev–Trinajstić information content (AvgIpc) is 2.44. The predicted molar refractivity (Wildman–Crippen MR) is 59.4 cm³/mol. The molecular formula is C11H21N3O. The summed E-state index contributed by atoms with van der Waals surface area (Å²) in [6, 6.07) is 0.818. The molecule has 2 unspecified atom stereocenters. The normalized spacial score (nSPS) is 34.6. The molecule has 4 heteroatoms. The van der Waals surface area contributed by atoms with Crippen molar-refractivity contribution in [2.75, 3.05) is 19.6 Å². The SMILES string of the molecule is NC1CCCCC1N1CCNC(=O)CC1. The lowest BCUT2D eigenvalue weighted by Gasteiger charge is -2.37. The number of hydrogen-bond donors (Lipinski definition) is 2. The van der Waals surface area contributed by atoms with E-state index in [9.17, 15) is 4.79 Å². The molecule has 15 heavy (non-hydrogen) atoms. The molecule has 1 saturated heterocycles. The van der Waals surface area contributed by atoms with Crippen molar-refractivity contribution in [1.82, 2.24) is 10.2 Å². The molecule has 3 N–H and O–H groups in total. The molecule has 0 spiro atoms. The summed E-state index contributed by atoms with van der Waals surface area (Å²) in [4.78, 5) is 13.6. The van der Waals surface area contributed by atoms with Gasteiger partial charge in [0, 0.05) is 38.1 Å². The van der Waals surface area contributed by atoms with Crippen molar-refractivity contribution < 1.29 is 4.79 Å². The summed E-state index contributed by atoms with van der Waals surface area (Å²) >= 11 is 0. The van der Waals surface area contributed by atoms with Gasteiger partial charge in [0.1, 0.15) is 0 Å². The largest absolute Gasteiger partial charge is 0.355 e. The molecule has 1 heterocycles. The predicted octanol–water partition coefficient (Wildman–Crippen LogP) is 0.0782. The van der Waals surface area contributed by atoms with Crippen LogP contribution >= 0.6 is 0 Å². The smallest absolute Gasteiger partial charge is 0.221 e. The van der Waals surface area contributed by atoms with Gasteiger partial charge in [-0.15, -0.1) is 0 Å². The second kappa shape index (κ2) is 4.94. The lowest BCUT2D eigenvalue weighted by molar-refractivity contribution is -0.120. The van der Waals surface area contributed by atoms with Crippen molar-refractivity contribution in [3.8, 4) is 0 Å². The molecule has 2 rings (SSSR count). The Labute approximate surface area is 91.2 Å². The van der Waals surface area contributed by atoms with Crippen LogP contribution in [0.2, 0.25) is 0 Å². The van der Waals surface area contributed by atoms with Gasteiger partial charge in [0.15, 0.2) is 0 Å². The fourth-order valence-electron chi connectivity index (χ4n) is 2.71. The fourth-order valence-corrected chi connectivity index (χ4v) is 2.71. The monoisotopic (exact) mass is 211 g/mol. The number of hydrogen-bond acceptors (Lipinski definition) is 3. The number of carbonyl (C=O) groups is 1. The van der Waals surface area contributed by atoms with E-state index < -0.39 is 0 Å². The van der Waals surface area contributed by atoms with E-state index >= 15 is 0 Å². The van der Waals surface area contributed by atoms with Gasteiger partial charge >= 0.3 is 0 Å². The van der Waals surface area contributed by atoms with Gasteiger partial charge in [0.05, 0.1) is 0 Å². The summed E-state index contributed by atoms with van der Waals surface area (Å²) in [5, 5.41) is 2.91. The second-order valence-corrected chi connectivity index (χ2v) is 4.65. The Kier molecular flexibility index (Phi) is 3.59. The lowest BCUT2D eigenvalue weighted by Crippen LogP contribution is -2.50. The Morgan fingerprint density at radius 2 is 2.07 bits per heavy atom. The Morgan fingerprint density at radius 3 is 2.87 bits per heavy atom. The van der Waals surface area contributed by atoms with Gasteiger partial charge in [-0.1, -0.05) is 12.8 Å². The minimum Gasteiger partial charge on any atom is -0.355 e. The molecule has 2 aliphatic rings. The van der Waals surface area contributed by atoms with E-state index in [1.165, 1.54) is 19.3 Å². The first kappa shape index (κ1) is 10.9. The number of nitrogens with one attached hydrogen (secondary N) is 1. The van der Waals surface area contributed by atoms with Crippen molar-refractivity contribution in [3.63, 3.8) is 0 Å². The van der Waals surface area contributed by atoms with E-state index in [4.69, 9.17) is 5.73 Å². The van der Waals surface area contributed by atoms with E-state index in [0.29, 0.717) is 18.5 Å². The maximum absolute atomic E-state index is 11.2. The van der Waals surface area contributed by atoms with E-state index in [1.54, 1.807) is 0 Å². The van der Waals surface area contributed by atoms with Gasteiger partial charge in [0.25, 0.3) is 0 Å². The Hall–Kier alpha value is -0.610. The first-order valence-electron chi connectivity index (χ1n) is 6.04. The molecule has 1 aliphatic carbocycles. The molecule has 1 amide bonds. The zero-order chi connectivity index (χ0) is 10.7. The van der Waals surface area contributed by atoms with Crippen molar-refractivity contribution in [1.29, 1.82) is 0 Å². The number of carbonyl (C=O) groups excluding carboxylic acids is 1. The molecule has 2 atom stereocenters. The van der Waals surface area contributed by atoms with Crippen molar-refractivity contribution in [3.05, 3.63) is 0 Å². The summed E-state index contributed by atoms with van der Waals surface area (Å²) in [7, 11) is 0. The quantitative estimate of drug-likeness (QED) is 0.645. The number of rotatable bonds is 1. The standard InChI is InChI=1S/C11H21N3O/c12-9-3-1-2-4-10(9)14-7-5-11(15)13-6-8-14/h9-10H,1-8,12H2,(H,13,15). The van der Waals surface area contributed by atoms with E-state index in [1.807, 2.05) is 0 Å². The van der Waals surface area contributed by atoms with Crippen LogP contribution in [0, 0.1) is 0 Å². The van der Waals surface area contributed by atoms with Crippen LogP contribution in [0.3, 0.4) is 0 Å². The third-order valence-corrected chi connectivity index (χ3v) is 3.60. The highest BCUT2D eigenvalue weighted by Gasteiger charge is 2.28. The lowest BCUT2D eigenvalue weighted by atomic mass is 9.89. The molecule has 0 radical (unpaired) electrons. The van der Waals surface area contributed by atoms with Gasteiger partial charge in [-0.05, 0) is 12.8 Å². The highest BCUT2D eigenvalue weighted by Crippen LogP contribution is 2.22. The molecule has 1 saturated carbocycles. The maximum Gasteiger partial charge on any atom is 0.221 e. The Bertz CT molecular complexity index is 232. The molecule has 0 aromatic carbocycles.